The summed E-state index contributed by atoms with van der Waals surface area (Å²) < 4.78 is 36.7. The molecule has 3 saturated heterocycles. The lowest BCUT2D eigenvalue weighted by molar-refractivity contribution is -0.187. The van der Waals surface area contributed by atoms with E-state index in [-0.39, 0.29) is 43.5 Å². The van der Waals surface area contributed by atoms with Gasteiger partial charge in [0.2, 0.25) is 6.79 Å². The van der Waals surface area contributed by atoms with E-state index in [1.165, 1.54) is 18.7 Å². The molecule has 60 heavy (non-hydrogen) atoms. The number of methoxy groups -OCH3 is 2. The van der Waals surface area contributed by atoms with E-state index in [1.807, 2.05) is 32.0 Å². The summed E-state index contributed by atoms with van der Waals surface area (Å²) in [5.74, 6) is 1.62. The highest BCUT2D eigenvalue weighted by atomic mass is 32.2. The van der Waals surface area contributed by atoms with E-state index in [9.17, 15) is 15.2 Å². The minimum absolute atomic E-state index is 0.0548. The molecule has 2 bridgehead atoms. The number of hydrogen-bond acceptors (Lipinski definition) is 15. The number of aromatic nitrogens is 1. The highest BCUT2D eigenvalue weighted by molar-refractivity contribution is 7.99. The molecule has 3 fully saturated rings. The molecule has 0 amide bonds. The van der Waals surface area contributed by atoms with Crippen LogP contribution in [-0.2, 0) is 31.8 Å². The molecule has 15 nitrogen and oxygen atoms in total. The van der Waals surface area contributed by atoms with Crippen molar-refractivity contribution in [3.63, 3.8) is 0 Å². The van der Waals surface area contributed by atoms with Crippen LogP contribution in [0, 0.1) is 25.2 Å². The molecule has 0 unspecified atom stereocenters. The fourth-order valence-corrected chi connectivity index (χ4v) is 13.7. The summed E-state index contributed by atoms with van der Waals surface area (Å²) in [4.78, 5) is 36.5. The van der Waals surface area contributed by atoms with E-state index in [0.717, 1.165) is 33.2 Å². The molecule has 4 aromatic rings. The minimum atomic E-state index is -1.39. The molecule has 8 aliphatic heterocycles. The lowest BCUT2D eigenvalue weighted by atomic mass is 9.70. The van der Waals surface area contributed by atoms with Gasteiger partial charge in [0, 0.05) is 76.0 Å². The van der Waals surface area contributed by atoms with Crippen LogP contribution in [0.5, 0.6) is 34.5 Å². The normalized spacial score (nSPS) is 31.9. The Hall–Kier alpha value is -5.18. The molecule has 9 atom stereocenters. The first-order chi connectivity index (χ1) is 28.9. The first-order valence-electron chi connectivity index (χ1n) is 20.4. The van der Waals surface area contributed by atoms with Gasteiger partial charge in [-0.15, -0.1) is 11.8 Å². The van der Waals surface area contributed by atoms with Crippen molar-refractivity contribution in [3.05, 3.63) is 68.9 Å². The summed E-state index contributed by atoms with van der Waals surface area (Å²) in [6, 6.07) is 7.78. The summed E-state index contributed by atoms with van der Waals surface area (Å²) in [5.41, 5.74) is 11.6. The second-order valence-electron chi connectivity index (χ2n) is 17.3. The Balaban J connectivity index is 1.18. The third kappa shape index (κ3) is 4.64. The van der Waals surface area contributed by atoms with Crippen LogP contribution in [0.4, 0.5) is 0 Å². The molecule has 1 aromatic heterocycles. The number of nitrogens with zero attached hydrogens (tertiary/aromatic N) is 3. The van der Waals surface area contributed by atoms with Crippen molar-refractivity contribution < 1.29 is 43.1 Å². The number of phenolic OH excluding ortho intramolecular Hbond substituents is 1. The number of rotatable bonds is 4. The second kappa shape index (κ2) is 12.9. The highest BCUT2D eigenvalue weighted by Gasteiger charge is 2.71. The Morgan fingerprint density at radius 2 is 1.92 bits per heavy atom. The maximum Gasteiger partial charge on any atom is 0.333 e. The predicted octanol–water partition coefficient (Wildman–Crippen LogP) is 4.54. The lowest BCUT2D eigenvalue weighted by Crippen LogP contribution is -2.75. The van der Waals surface area contributed by atoms with Crippen molar-refractivity contribution in [2.75, 3.05) is 39.9 Å². The summed E-state index contributed by atoms with van der Waals surface area (Å²) in [5, 5.41) is 27.6. The topological polar surface area (TPSA) is 194 Å². The molecule has 9 heterocycles. The number of H-pyrrole nitrogens is 1. The third-order valence-corrected chi connectivity index (χ3v) is 15.9. The maximum atomic E-state index is 15.2. The van der Waals surface area contributed by atoms with E-state index in [4.69, 9.17) is 34.2 Å². The summed E-state index contributed by atoms with van der Waals surface area (Å²) in [7, 11) is 3.19. The maximum absolute atomic E-state index is 15.2. The average Bonchev–Trinajstić information content (AvgIpc) is 3.92. The number of nitrogens with one attached hydrogen (secondary N) is 2. The van der Waals surface area contributed by atoms with Crippen molar-refractivity contribution in [2.24, 2.45) is 5.73 Å². The number of hydrogen-bond donors (Lipinski definition) is 4. The molecule has 8 aliphatic rings. The second-order valence-corrected chi connectivity index (χ2v) is 18.4. The lowest BCUT2D eigenvalue weighted by Gasteiger charge is -2.66. The Morgan fingerprint density at radius 3 is 2.65 bits per heavy atom. The first-order valence-corrected chi connectivity index (χ1v) is 21.4. The molecular formula is C44H46N6O9S. The number of phenols is 1. The number of thioether (sulfide) groups is 1. The van der Waals surface area contributed by atoms with Crippen LogP contribution >= 0.6 is 11.8 Å². The zero-order valence-electron chi connectivity index (χ0n) is 34.1. The van der Waals surface area contributed by atoms with E-state index < -0.39 is 52.4 Å². The summed E-state index contributed by atoms with van der Waals surface area (Å²) >= 11 is 1.53. The number of benzene rings is 3. The SMILES string of the molecule is COc1ccc2[nH]c3c(c2c1)C[C@@H](CN)N[C@]31CS[C@@H]2c3c(OC(C)=O)c(C)c4c(c3[C@H](COC1=O)N1[C@@H]2[C@H]2c3c(cc(C)c(OC)c3O)[C@@]3(C)C[C@@H]([C@@H]1C#N)N23)OCO4. The van der Waals surface area contributed by atoms with E-state index in [0.29, 0.717) is 64.0 Å². The zero-order valence-corrected chi connectivity index (χ0v) is 35.0. The number of nitriles is 1. The van der Waals surface area contributed by atoms with Crippen molar-refractivity contribution in [2.45, 2.75) is 93.1 Å². The van der Waals surface area contributed by atoms with Crippen molar-refractivity contribution in [3.8, 4) is 40.6 Å². The Bertz CT molecular complexity index is 2630. The molecule has 0 aliphatic carbocycles. The number of nitrogens with two attached hydrogens (primary N) is 1. The van der Waals surface area contributed by atoms with Crippen molar-refractivity contribution in [1.82, 2.24) is 20.1 Å². The third-order valence-electron chi connectivity index (χ3n) is 14.4. The van der Waals surface area contributed by atoms with E-state index in [1.54, 1.807) is 14.2 Å². The van der Waals surface area contributed by atoms with Gasteiger partial charge in [0.25, 0.3) is 0 Å². The summed E-state index contributed by atoms with van der Waals surface area (Å²) in [6.45, 7) is 7.39. The molecule has 0 saturated carbocycles. The number of aromatic hydroxyl groups is 1. The molecule has 312 valence electrons. The van der Waals surface area contributed by atoms with Gasteiger partial charge < -0.3 is 44.2 Å². The highest BCUT2D eigenvalue weighted by Crippen LogP contribution is 2.71. The Morgan fingerprint density at radius 1 is 1.12 bits per heavy atom. The van der Waals surface area contributed by atoms with Crippen LogP contribution in [0.1, 0.15) is 82.2 Å². The van der Waals surface area contributed by atoms with Crippen LogP contribution in [-0.4, -0.2) is 95.9 Å². The number of fused-ring (bicyclic) bond motifs is 10. The first kappa shape index (κ1) is 37.8. The van der Waals surface area contributed by atoms with Crippen LogP contribution in [0.2, 0.25) is 0 Å². The molecule has 3 aromatic carbocycles. The Labute approximate surface area is 350 Å². The minimum Gasteiger partial charge on any atom is -0.504 e. The monoisotopic (exact) mass is 834 g/mol. The fraction of sp³-hybridized carbons (Fsp3) is 0.477. The molecule has 16 heteroatoms. The number of aryl methyl sites for hydroxylation is 1. The van der Waals surface area contributed by atoms with Crippen molar-refractivity contribution >= 4 is 34.6 Å². The van der Waals surface area contributed by atoms with Gasteiger partial charge in [0.05, 0.1) is 43.3 Å². The molecule has 5 N–H and O–H groups in total. The van der Waals surface area contributed by atoms with Crippen molar-refractivity contribution in [1.29, 1.82) is 5.26 Å². The number of carbonyl (C=O) groups excluding carboxylic acids is 2. The number of piperazine rings is 1. The van der Waals surface area contributed by atoms with E-state index >= 15 is 4.79 Å². The van der Waals surface area contributed by atoms with Gasteiger partial charge in [-0.1, -0.05) is 0 Å². The van der Waals surface area contributed by atoms with Gasteiger partial charge >= 0.3 is 11.9 Å². The molecule has 12 rings (SSSR count). The summed E-state index contributed by atoms with van der Waals surface area (Å²) in [6.07, 6.45) is 1.24. The van der Waals surface area contributed by atoms with Gasteiger partial charge in [0.1, 0.15) is 24.1 Å². The average molecular weight is 835 g/mol. The van der Waals surface area contributed by atoms with Gasteiger partial charge in [-0.3, -0.25) is 19.9 Å². The van der Waals surface area contributed by atoms with Crippen LogP contribution < -0.4 is 34.7 Å². The number of carbonyl (C=O) groups is 2. The van der Waals surface area contributed by atoms with Crippen LogP contribution in [0.25, 0.3) is 10.9 Å². The number of ether oxygens (including phenoxy) is 6. The standard InChI is InChI=1S/C44H46N6O9S/c1-18-9-25-30(35(52)36(18)55-6)33-34-40-32-31(39-38(57-17-58-39)19(2)37(32)59-20(3)51)29(49(34)28(14-46)27-12-43(25,4)50(27)33)15-56-42(53)44(16-60-40)41-24(10-21(13-45)48-44)23-11-22(54-5)7-8-26(23)47-41/h7-9,11,21,27-29,33-34,40,47-48,52H,10,12-13,15-17,45H2,1-6H3/t21-,27-,28-,29-,33+,34+,40+,43+,44+/m0/s1. The zero-order chi connectivity index (χ0) is 41.7. The van der Waals surface area contributed by atoms with Crippen LogP contribution in [0.3, 0.4) is 0 Å². The van der Waals surface area contributed by atoms with Gasteiger partial charge in [0.15, 0.2) is 28.5 Å². The van der Waals surface area contributed by atoms with Gasteiger partial charge in [-0.25, -0.2) is 4.79 Å². The number of esters is 2. The van der Waals surface area contributed by atoms with Gasteiger partial charge in [-0.05, 0) is 74.6 Å². The van der Waals surface area contributed by atoms with Crippen LogP contribution in [0.15, 0.2) is 24.3 Å². The Kier molecular flexibility index (Phi) is 8.14. The fourth-order valence-electron chi connectivity index (χ4n) is 12.1. The smallest absolute Gasteiger partial charge is 0.333 e. The molecule has 1 spiro atoms. The van der Waals surface area contributed by atoms with Gasteiger partial charge in [-0.2, -0.15) is 5.26 Å². The number of aromatic amines is 1. The molecular weight excluding hydrogens is 789 g/mol. The van der Waals surface area contributed by atoms with E-state index in [2.05, 4.69) is 39.2 Å². The predicted molar refractivity (Wildman–Crippen MR) is 218 cm³/mol. The largest absolute Gasteiger partial charge is 0.504 e. The quantitative estimate of drug-likeness (QED) is 0.165. The molecule has 0 radical (unpaired) electrons.